The highest BCUT2D eigenvalue weighted by atomic mass is 16.5. The average Bonchev–Trinajstić information content (AvgIpc) is 2.86. The summed E-state index contributed by atoms with van der Waals surface area (Å²) in [5.74, 6) is 1.61. The van der Waals surface area contributed by atoms with Crippen LogP contribution in [0, 0.1) is 0 Å². The van der Waals surface area contributed by atoms with Crippen LogP contribution in [0.15, 0.2) is 48.8 Å². The van der Waals surface area contributed by atoms with Gasteiger partial charge in [0.1, 0.15) is 12.0 Å². The van der Waals surface area contributed by atoms with Crippen LogP contribution in [0.1, 0.15) is 0 Å². The van der Waals surface area contributed by atoms with Crippen molar-refractivity contribution in [2.24, 2.45) is 0 Å². The van der Waals surface area contributed by atoms with Crippen molar-refractivity contribution >= 4 is 23.4 Å². The van der Waals surface area contributed by atoms with E-state index >= 15 is 0 Å². The van der Waals surface area contributed by atoms with Crippen LogP contribution in [0.5, 0.6) is 0 Å². The zero-order valence-electron chi connectivity index (χ0n) is 17.7. The average molecular weight is 435 g/mol. The molecule has 0 spiro atoms. The maximum Gasteiger partial charge on any atom is 0.228 e. The summed E-state index contributed by atoms with van der Waals surface area (Å²) in [6.45, 7) is 4.90. The van der Waals surface area contributed by atoms with Crippen LogP contribution in [0.4, 0.5) is 23.4 Å². The minimum absolute atomic E-state index is 0.200. The molecule has 2 aromatic heterocycles. The number of rotatable bonds is 5. The van der Waals surface area contributed by atoms with Crippen LogP contribution in [0.2, 0.25) is 0 Å². The molecule has 4 heterocycles. The molecule has 10 nitrogen and oxygen atoms in total. The van der Waals surface area contributed by atoms with E-state index in [1.807, 2.05) is 24.3 Å². The molecule has 2 saturated heterocycles. The SMILES string of the molecule is Nc1ncc(-c2cc(N(c3ccccc3)C3CNCCO3)nc(N3CCOCC3)n2)cn1. The first-order valence-corrected chi connectivity index (χ1v) is 10.7. The Bertz CT molecular complexity index is 1020. The highest BCUT2D eigenvalue weighted by Gasteiger charge is 2.27. The maximum atomic E-state index is 6.12. The summed E-state index contributed by atoms with van der Waals surface area (Å²) in [7, 11) is 0. The number of para-hydroxylation sites is 1. The molecule has 3 aromatic rings. The molecule has 32 heavy (non-hydrogen) atoms. The summed E-state index contributed by atoms with van der Waals surface area (Å²) in [4.78, 5) is 22.3. The molecule has 2 aliphatic rings. The second kappa shape index (κ2) is 9.43. The van der Waals surface area contributed by atoms with E-state index in [2.05, 4.69) is 37.2 Å². The summed E-state index contributed by atoms with van der Waals surface area (Å²) in [6.07, 6.45) is 3.17. The van der Waals surface area contributed by atoms with Crippen LogP contribution in [0.3, 0.4) is 0 Å². The molecule has 166 valence electrons. The van der Waals surface area contributed by atoms with Gasteiger partial charge >= 0.3 is 0 Å². The number of benzene rings is 1. The Hall–Kier alpha value is -3.34. The highest BCUT2D eigenvalue weighted by molar-refractivity contribution is 5.69. The summed E-state index contributed by atoms with van der Waals surface area (Å²) in [5.41, 5.74) is 8.18. The van der Waals surface area contributed by atoms with E-state index in [-0.39, 0.29) is 12.2 Å². The van der Waals surface area contributed by atoms with E-state index in [9.17, 15) is 0 Å². The molecule has 1 atom stereocenters. The number of aromatic nitrogens is 4. The zero-order chi connectivity index (χ0) is 21.8. The Morgan fingerprint density at radius 2 is 1.81 bits per heavy atom. The number of nitrogens with two attached hydrogens (primary N) is 1. The van der Waals surface area contributed by atoms with Gasteiger partial charge in [0.15, 0.2) is 0 Å². The van der Waals surface area contributed by atoms with Crippen LogP contribution in [0.25, 0.3) is 11.3 Å². The maximum absolute atomic E-state index is 6.12. The van der Waals surface area contributed by atoms with Crippen LogP contribution < -0.4 is 20.9 Å². The third-order valence-electron chi connectivity index (χ3n) is 5.44. The molecular formula is C22H26N8O2. The third kappa shape index (κ3) is 4.47. The van der Waals surface area contributed by atoms with Crippen LogP contribution in [-0.2, 0) is 9.47 Å². The van der Waals surface area contributed by atoms with Crippen LogP contribution >= 0.6 is 0 Å². The van der Waals surface area contributed by atoms with Gasteiger partial charge in [-0.15, -0.1) is 0 Å². The van der Waals surface area contributed by atoms with Gasteiger partial charge in [0.05, 0.1) is 25.5 Å². The first-order valence-electron chi connectivity index (χ1n) is 10.7. The van der Waals surface area contributed by atoms with Crippen molar-refractivity contribution < 1.29 is 9.47 Å². The topological polar surface area (TPSA) is 115 Å². The number of hydrogen-bond acceptors (Lipinski definition) is 10. The lowest BCUT2D eigenvalue weighted by Crippen LogP contribution is -2.48. The van der Waals surface area contributed by atoms with Crippen molar-refractivity contribution in [3.8, 4) is 11.3 Å². The van der Waals surface area contributed by atoms with Gasteiger partial charge < -0.3 is 25.4 Å². The summed E-state index contributed by atoms with van der Waals surface area (Å²) in [6, 6.07) is 12.1. The molecule has 10 heteroatoms. The number of nitrogen functional groups attached to an aromatic ring is 1. The normalized spacial score (nSPS) is 19.0. The van der Waals surface area contributed by atoms with Gasteiger partial charge in [0.25, 0.3) is 0 Å². The standard InChI is InChI=1S/C22H26N8O2/c23-21-25-13-16(14-26-21)18-12-19(28-22(27-18)29-7-10-31-11-8-29)30(17-4-2-1-3-5-17)20-15-24-6-9-32-20/h1-5,12-14,20,24H,6-11,15H2,(H2,23,25,26). The van der Waals surface area contributed by atoms with E-state index < -0.39 is 0 Å². The Morgan fingerprint density at radius 1 is 1.03 bits per heavy atom. The minimum atomic E-state index is -0.200. The van der Waals surface area contributed by atoms with Gasteiger partial charge in [-0.25, -0.2) is 15.0 Å². The lowest BCUT2D eigenvalue weighted by atomic mass is 10.2. The molecular weight excluding hydrogens is 408 g/mol. The minimum Gasteiger partial charge on any atom is -0.378 e. The fraction of sp³-hybridized carbons (Fsp3) is 0.364. The second-order valence-electron chi connectivity index (χ2n) is 7.58. The van der Waals surface area contributed by atoms with E-state index in [4.69, 9.17) is 25.2 Å². The molecule has 0 amide bonds. The van der Waals surface area contributed by atoms with Gasteiger partial charge in [0, 0.05) is 55.9 Å². The van der Waals surface area contributed by atoms with Crippen molar-refractivity contribution in [2.75, 3.05) is 61.5 Å². The summed E-state index contributed by atoms with van der Waals surface area (Å²) < 4.78 is 11.6. The number of anilines is 4. The molecule has 2 fully saturated rings. The molecule has 0 radical (unpaired) electrons. The Labute approximate surface area is 186 Å². The predicted molar refractivity (Wildman–Crippen MR) is 122 cm³/mol. The monoisotopic (exact) mass is 434 g/mol. The second-order valence-corrected chi connectivity index (χ2v) is 7.58. The van der Waals surface area contributed by atoms with Crippen molar-refractivity contribution in [1.82, 2.24) is 25.3 Å². The molecule has 2 aliphatic heterocycles. The summed E-state index contributed by atoms with van der Waals surface area (Å²) in [5, 5.41) is 3.41. The molecule has 5 rings (SSSR count). The first-order chi connectivity index (χ1) is 15.8. The van der Waals surface area contributed by atoms with Gasteiger partial charge in [-0.05, 0) is 12.1 Å². The Morgan fingerprint density at radius 3 is 2.53 bits per heavy atom. The molecule has 0 bridgehead atoms. The molecule has 1 aromatic carbocycles. The van der Waals surface area contributed by atoms with Crippen molar-refractivity contribution in [3.63, 3.8) is 0 Å². The van der Waals surface area contributed by atoms with Gasteiger partial charge in [-0.1, -0.05) is 18.2 Å². The van der Waals surface area contributed by atoms with E-state index in [0.717, 1.165) is 42.4 Å². The Kier molecular flexibility index (Phi) is 6.06. The largest absolute Gasteiger partial charge is 0.378 e. The van der Waals surface area contributed by atoms with Gasteiger partial charge in [0.2, 0.25) is 11.9 Å². The van der Waals surface area contributed by atoms with Gasteiger partial charge in [-0.2, -0.15) is 4.98 Å². The number of morpholine rings is 2. The first kappa shape index (κ1) is 20.6. The predicted octanol–water partition coefficient (Wildman–Crippen LogP) is 1.44. The van der Waals surface area contributed by atoms with E-state index in [0.29, 0.717) is 32.3 Å². The smallest absolute Gasteiger partial charge is 0.228 e. The molecule has 3 N–H and O–H groups in total. The number of ether oxygens (including phenoxy) is 2. The summed E-state index contributed by atoms with van der Waals surface area (Å²) >= 11 is 0. The molecule has 1 unspecified atom stereocenters. The fourth-order valence-corrected chi connectivity index (χ4v) is 3.82. The van der Waals surface area contributed by atoms with Crippen molar-refractivity contribution in [1.29, 1.82) is 0 Å². The quantitative estimate of drug-likeness (QED) is 0.611. The Balaban J connectivity index is 1.62. The zero-order valence-corrected chi connectivity index (χ0v) is 17.7. The lowest BCUT2D eigenvalue weighted by Gasteiger charge is -2.36. The van der Waals surface area contributed by atoms with Crippen LogP contribution in [-0.4, -0.2) is 72.2 Å². The number of hydrogen-bond donors (Lipinski definition) is 2. The van der Waals surface area contributed by atoms with E-state index in [1.54, 1.807) is 12.4 Å². The number of nitrogens with zero attached hydrogens (tertiary/aromatic N) is 6. The fourth-order valence-electron chi connectivity index (χ4n) is 3.82. The molecule has 0 saturated carbocycles. The van der Waals surface area contributed by atoms with Gasteiger partial charge in [-0.3, -0.25) is 4.90 Å². The molecule has 0 aliphatic carbocycles. The number of nitrogens with one attached hydrogen (secondary N) is 1. The van der Waals surface area contributed by atoms with E-state index in [1.165, 1.54) is 0 Å². The lowest BCUT2D eigenvalue weighted by molar-refractivity contribution is 0.0328. The van der Waals surface area contributed by atoms with Crippen molar-refractivity contribution in [3.05, 3.63) is 48.8 Å². The highest BCUT2D eigenvalue weighted by Crippen LogP contribution is 2.31. The van der Waals surface area contributed by atoms with Crippen molar-refractivity contribution in [2.45, 2.75) is 6.23 Å². The third-order valence-corrected chi connectivity index (χ3v) is 5.44.